The van der Waals surface area contributed by atoms with Gasteiger partial charge in [-0.15, -0.1) is 0 Å². The van der Waals surface area contributed by atoms with Gasteiger partial charge in [0.25, 0.3) is 5.91 Å². The molecule has 3 heterocycles. The van der Waals surface area contributed by atoms with Crippen molar-refractivity contribution < 1.29 is 27.4 Å². The van der Waals surface area contributed by atoms with E-state index in [1.807, 2.05) is 6.07 Å². The van der Waals surface area contributed by atoms with Crippen LogP contribution in [-0.4, -0.2) is 51.4 Å². The highest BCUT2D eigenvalue weighted by molar-refractivity contribution is 5.78. The summed E-state index contributed by atoms with van der Waals surface area (Å²) in [4.78, 5) is 20.9. The molecule has 1 saturated heterocycles. The minimum atomic E-state index is -4.61. The van der Waals surface area contributed by atoms with Crippen LogP contribution >= 0.6 is 0 Å². The van der Waals surface area contributed by atoms with Crippen LogP contribution in [0.5, 0.6) is 17.2 Å². The van der Waals surface area contributed by atoms with Crippen molar-refractivity contribution in [3.8, 4) is 17.2 Å². The molecule has 1 aromatic carbocycles. The second-order valence-electron chi connectivity index (χ2n) is 7.48. The molecule has 4 rings (SSSR count). The van der Waals surface area contributed by atoms with Gasteiger partial charge in [0.05, 0.1) is 24.8 Å². The number of ether oxygens (including phenoxy) is 2. The summed E-state index contributed by atoms with van der Waals surface area (Å²) in [6.45, 7) is 1.23. The number of benzene rings is 1. The number of carbonyl (C=O) groups is 1. The van der Waals surface area contributed by atoms with Gasteiger partial charge in [0, 0.05) is 37.9 Å². The number of nitrogens with zero attached hydrogens (tertiary/aromatic N) is 5. The molecule has 12 heteroatoms. The van der Waals surface area contributed by atoms with Crippen LogP contribution in [0.2, 0.25) is 0 Å². The van der Waals surface area contributed by atoms with Crippen molar-refractivity contribution in [1.29, 1.82) is 0 Å². The van der Waals surface area contributed by atoms with Gasteiger partial charge in [0.2, 0.25) is 5.82 Å². The van der Waals surface area contributed by atoms with E-state index in [-0.39, 0.29) is 24.3 Å². The molecule has 2 aromatic heterocycles. The molecular weight excluding hydrogens is 441 g/mol. The highest BCUT2D eigenvalue weighted by Crippen LogP contribution is 2.29. The molecule has 0 aliphatic carbocycles. The Bertz CT molecular complexity index is 1100. The number of halogens is 3. The van der Waals surface area contributed by atoms with Gasteiger partial charge in [0.1, 0.15) is 5.75 Å². The van der Waals surface area contributed by atoms with Gasteiger partial charge in [-0.3, -0.25) is 9.48 Å². The Morgan fingerprint density at radius 1 is 1.18 bits per heavy atom. The zero-order valence-electron chi connectivity index (χ0n) is 17.6. The SMILES string of the molecule is Cn1cc(OCC(=O)N[C@H]2CCN(c3cccc(Oc4cnc(C(F)(F)F)nc4)c3)C2)cn1. The Kier molecular flexibility index (Phi) is 6.33. The largest absolute Gasteiger partial charge is 0.480 e. The average Bonchev–Trinajstić information content (AvgIpc) is 3.41. The van der Waals surface area contributed by atoms with Crippen LogP contribution in [0.4, 0.5) is 18.9 Å². The zero-order chi connectivity index (χ0) is 23.4. The van der Waals surface area contributed by atoms with Gasteiger partial charge < -0.3 is 19.7 Å². The lowest BCUT2D eigenvalue weighted by atomic mass is 10.2. The monoisotopic (exact) mass is 462 g/mol. The van der Waals surface area contributed by atoms with Crippen LogP contribution in [0.25, 0.3) is 0 Å². The first kappa shape index (κ1) is 22.4. The number of carbonyl (C=O) groups excluding carboxylic acids is 1. The van der Waals surface area contributed by atoms with Crippen LogP contribution in [0.3, 0.4) is 0 Å². The fourth-order valence-corrected chi connectivity index (χ4v) is 3.40. The molecule has 1 atom stereocenters. The predicted octanol–water partition coefficient (Wildman–Crippen LogP) is 2.80. The van der Waals surface area contributed by atoms with Crippen LogP contribution < -0.4 is 19.7 Å². The Balaban J connectivity index is 1.30. The smallest absolute Gasteiger partial charge is 0.451 e. The van der Waals surface area contributed by atoms with Crippen molar-refractivity contribution in [2.75, 3.05) is 24.6 Å². The van der Waals surface area contributed by atoms with Gasteiger partial charge >= 0.3 is 6.18 Å². The van der Waals surface area contributed by atoms with Crippen LogP contribution in [0, 0.1) is 0 Å². The quantitative estimate of drug-likeness (QED) is 0.577. The lowest BCUT2D eigenvalue weighted by Gasteiger charge is -2.20. The summed E-state index contributed by atoms with van der Waals surface area (Å²) in [5, 5.41) is 6.93. The molecule has 1 fully saturated rings. The van der Waals surface area contributed by atoms with Crippen LogP contribution in [0.15, 0.2) is 49.1 Å². The van der Waals surface area contributed by atoms with Gasteiger partial charge in [-0.25, -0.2) is 9.97 Å². The summed E-state index contributed by atoms with van der Waals surface area (Å²) in [5.41, 5.74) is 0.865. The number of hydrogen-bond acceptors (Lipinski definition) is 7. The number of anilines is 1. The topological polar surface area (TPSA) is 94.4 Å². The third-order valence-corrected chi connectivity index (χ3v) is 4.90. The van der Waals surface area contributed by atoms with Crippen molar-refractivity contribution in [3.63, 3.8) is 0 Å². The fourth-order valence-electron chi connectivity index (χ4n) is 3.40. The van der Waals surface area contributed by atoms with E-state index in [1.165, 1.54) is 6.20 Å². The molecule has 3 aromatic rings. The molecular formula is C21H21F3N6O3. The van der Waals surface area contributed by atoms with Crippen molar-refractivity contribution >= 4 is 11.6 Å². The molecule has 0 saturated carbocycles. The Hall–Kier alpha value is -3.83. The number of hydrogen-bond donors (Lipinski definition) is 1. The Morgan fingerprint density at radius 3 is 2.67 bits per heavy atom. The fraction of sp³-hybridized carbons (Fsp3) is 0.333. The van der Waals surface area contributed by atoms with Crippen molar-refractivity contribution in [2.45, 2.75) is 18.6 Å². The first-order valence-electron chi connectivity index (χ1n) is 10.1. The number of rotatable bonds is 7. The van der Waals surface area contributed by atoms with E-state index in [2.05, 4.69) is 25.3 Å². The molecule has 1 amide bonds. The summed E-state index contributed by atoms with van der Waals surface area (Å²) in [5.74, 6) is -0.380. The standard InChI is InChI=1S/C21H21F3N6O3/c1-29-12-18(10-27-29)32-13-19(31)28-14-5-6-30(11-14)15-3-2-4-16(7-15)33-17-8-25-20(26-9-17)21(22,23)24/h2-4,7-10,12,14H,5-6,11,13H2,1H3,(H,28,31)/t14-/m0/s1. The van der Waals surface area contributed by atoms with Crippen molar-refractivity contribution in [3.05, 3.63) is 54.9 Å². The first-order valence-corrected chi connectivity index (χ1v) is 10.1. The average molecular weight is 462 g/mol. The summed E-state index contributed by atoms with van der Waals surface area (Å²) in [6, 6.07) is 7.09. The van der Waals surface area contributed by atoms with E-state index in [9.17, 15) is 18.0 Å². The Labute approximate surface area is 187 Å². The number of aryl methyl sites for hydroxylation is 1. The zero-order valence-corrected chi connectivity index (χ0v) is 17.6. The van der Waals surface area contributed by atoms with E-state index in [4.69, 9.17) is 9.47 Å². The van der Waals surface area contributed by atoms with Gasteiger partial charge in [-0.05, 0) is 18.6 Å². The minimum absolute atomic E-state index is 0.0390. The molecule has 1 aliphatic heterocycles. The summed E-state index contributed by atoms with van der Waals surface area (Å²) >= 11 is 0. The Morgan fingerprint density at radius 2 is 1.97 bits per heavy atom. The molecule has 0 radical (unpaired) electrons. The third-order valence-electron chi connectivity index (χ3n) is 4.90. The first-order chi connectivity index (χ1) is 15.8. The third kappa shape index (κ3) is 5.90. The number of amides is 1. The molecule has 0 unspecified atom stereocenters. The molecule has 174 valence electrons. The molecule has 1 aliphatic rings. The van der Waals surface area contributed by atoms with Gasteiger partial charge in [0.15, 0.2) is 18.1 Å². The minimum Gasteiger partial charge on any atom is -0.480 e. The maximum Gasteiger partial charge on any atom is 0.451 e. The van der Waals surface area contributed by atoms with Crippen molar-refractivity contribution in [2.24, 2.45) is 7.05 Å². The molecule has 0 spiro atoms. The van der Waals surface area contributed by atoms with E-state index in [1.54, 1.807) is 36.1 Å². The molecule has 33 heavy (non-hydrogen) atoms. The van der Waals surface area contributed by atoms with Crippen molar-refractivity contribution in [1.82, 2.24) is 25.1 Å². The van der Waals surface area contributed by atoms with E-state index < -0.39 is 12.0 Å². The second-order valence-corrected chi connectivity index (χ2v) is 7.48. The predicted molar refractivity (Wildman–Crippen MR) is 111 cm³/mol. The lowest BCUT2D eigenvalue weighted by molar-refractivity contribution is -0.145. The summed E-state index contributed by atoms with van der Waals surface area (Å²) < 4.78 is 50.4. The van der Waals surface area contributed by atoms with E-state index in [0.717, 1.165) is 31.0 Å². The second kappa shape index (κ2) is 9.35. The number of nitrogens with one attached hydrogen (secondary N) is 1. The van der Waals surface area contributed by atoms with Crippen LogP contribution in [0.1, 0.15) is 12.2 Å². The lowest BCUT2D eigenvalue weighted by Crippen LogP contribution is -2.39. The molecule has 9 nitrogen and oxygen atoms in total. The molecule has 1 N–H and O–H groups in total. The van der Waals surface area contributed by atoms with Crippen LogP contribution in [-0.2, 0) is 18.0 Å². The van der Waals surface area contributed by atoms with Gasteiger partial charge in [-0.2, -0.15) is 18.3 Å². The maximum atomic E-state index is 12.6. The number of alkyl halides is 3. The number of aromatic nitrogens is 4. The normalized spacial score (nSPS) is 16.0. The highest BCUT2D eigenvalue weighted by Gasteiger charge is 2.34. The summed E-state index contributed by atoms with van der Waals surface area (Å²) in [6.07, 6.45) is 1.34. The summed E-state index contributed by atoms with van der Waals surface area (Å²) in [7, 11) is 1.76. The maximum absolute atomic E-state index is 12.6. The van der Waals surface area contributed by atoms with E-state index >= 15 is 0 Å². The van der Waals surface area contributed by atoms with E-state index in [0.29, 0.717) is 18.0 Å². The van der Waals surface area contributed by atoms with Gasteiger partial charge in [-0.1, -0.05) is 6.07 Å². The highest BCUT2D eigenvalue weighted by atomic mass is 19.4. The molecule has 0 bridgehead atoms.